The fourth-order valence-electron chi connectivity index (χ4n) is 2.76. The van der Waals surface area contributed by atoms with Crippen molar-refractivity contribution in [3.8, 4) is 0 Å². The van der Waals surface area contributed by atoms with Gasteiger partial charge in [0, 0.05) is 30.2 Å². The minimum atomic E-state index is -0.599. The van der Waals surface area contributed by atoms with Gasteiger partial charge in [-0.1, -0.05) is 0 Å². The first-order chi connectivity index (χ1) is 9.70. The van der Waals surface area contributed by atoms with Crippen LogP contribution in [0.25, 0.3) is 11.0 Å². The van der Waals surface area contributed by atoms with E-state index in [0.29, 0.717) is 17.8 Å². The molecule has 1 unspecified atom stereocenters. The van der Waals surface area contributed by atoms with Crippen LogP contribution in [0, 0.1) is 11.6 Å². The molecule has 2 heterocycles. The van der Waals surface area contributed by atoms with E-state index >= 15 is 0 Å². The number of nitrogens with zero attached hydrogens (tertiary/aromatic N) is 2. The summed E-state index contributed by atoms with van der Waals surface area (Å²) in [7, 11) is 0. The summed E-state index contributed by atoms with van der Waals surface area (Å²) in [5.74, 6) is 2.13. The summed E-state index contributed by atoms with van der Waals surface area (Å²) in [6.45, 7) is 0. The highest BCUT2D eigenvalue weighted by molar-refractivity contribution is 7.99. The molecule has 0 bridgehead atoms. The van der Waals surface area contributed by atoms with Gasteiger partial charge < -0.3 is 4.57 Å². The summed E-state index contributed by atoms with van der Waals surface area (Å²) in [4.78, 5) is 4.35. The van der Waals surface area contributed by atoms with E-state index in [1.807, 2.05) is 16.3 Å². The fourth-order valence-corrected chi connectivity index (χ4v) is 4.06. The van der Waals surface area contributed by atoms with Crippen LogP contribution in [0.5, 0.6) is 0 Å². The van der Waals surface area contributed by atoms with E-state index in [0.717, 1.165) is 36.2 Å². The lowest BCUT2D eigenvalue weighted by molar-refractivity contribution is 0.494. The number of fused-ring (bicyclic) bond motifs is 1. The molecule has 20 heavy (non-hydrogen) atoms. The van der Waals surface area contributed by atoms with Gasteiger partial charge in [-0.05, 0) is 24.7 Å². The monoisotopic (exact) mass is 316 g/mol. The number of hydrogen-bond acceptors (Lipinski definition) is 2. The van der Waals surface area contributed by atoms with E-state index in [9.17, 15) is 8.78 Å². The number of imidazole rings is 1. The second-order valence-corrected chi connectivity index (χ2v) is 6.49. The molecule has 1 saturated heterocycles. The van der Waals surface area contributed by atoms with E-state index in [2.05, 4.69) is 4.98 Å². The molecule has 0 radical (unpaired) electrons. The van der Waals surface area contributed by atoms with Crippen LogP contribution < -0.4 is 0 Å². The number of hydrogen-bond donors (Lipinski definition) is 0. The van der Waals surface area contributed by atoms with E-state index in [1.54, 1.807) is 0 Å². The smallest absolute Gasteiger partial charge is 0.153 e. The summed E-state index contributed by atoms with van der Waals surface area (Å²) < 4.78 is 29.4. The van der Waals surface area contributed by atoms with Gasteiger partial charge in [0.2, 0.25) is 0 Å². The van der Waals surface area contributed by atoms with Gasteiger partial charge in [-0.2, -0.15) is 11.8 Å². The Kier molecular flexibility index (Phi) is 4.17. The maximum absolute atomic E-state index is 13.9. The normalized spacial score (nSPS) is 19.6. The molecule has 0 aliphatic carbocycles. The molecule has 0 amide bonds. The third-order valence-corrected chi connectivity index (χ3v) is 4.99. The van der Waals surface area contributed by atoms with Gasteiger partial charge in [-0.3, -0.25) is 0 Å². The zero-order valence-corrected chi connectivity index (χ0v) is 12.5. The van der Waals surface area contributed by atoms with Crippen molar-refractivity contribution >= 4 is 34.4 Å². The van der Waals surface area contributed by atoms with Crippen LogP contribution in [0.3, 0.4) is 0 Å². The molecular weight excluding hydrogens is 302 g/mol. The average molecular weight is 317 g/mol. The first-order valence-corrected chi connectivity index (χ1v) is 8.39. The van der Waals surface area contributed by atoms with Crippen molar-refractivity contribution in [1.29, 1.82) is 0 Å². The van der Waals surface area contributed by atoms with Gasteiger partial charge in [-0.25, -0.2) is 13.8 Å². The number of benzene rings is 1. The fraction of sp³-hybridized carbons (Fsp3) is 0.500. The number of thioether (sulfide) groups is 1. The second-order valence-electron chi connectivity index (χ2n) is 4.96. The summed E-state index contributed by atoms with van der Waals surface area (Å²) in [6.07, 6.45) is 2.71. The Morgan fingerprint density at radius 1 is 1.40 bits per heavy atom. The van der Waals surface area contributed by atoms with Crippen molar-refractivity contribution in [2.24, 2.45) is 0 Å². The van der Waals surface area contributed by atoms with Crippen LogP contribution in [0.2, 0.25) is 0 Å². The van der Waals surface area contributed by atoms with Crippen molar-refractivity contribution < 1.29 is 8.78 Å². The first kappa shape index (κ1) is 14.1. The van der Waals surface area contributed by atoms with Crippen molar-refractivity contribution in [1.82, 2.24) is 9.55 Å². The van der Waals surface area contributed by atoms with Crippen LogP contribution >= 0.6 is 23.4 Å². The largest absolute Gasteiger partial charge is 0.324 e. The molecule has 2 aromatic rings. The topological polar surface area (TPSA) is 17.8 Å². The summed E-state index contributed by atoms with van der Waals surface area (Å²) in [6, 6.07) is 2.51. The summed E-state index contributed by atoms with van der Waals surface area (Å²) >= 11 is 7.70. The molecular formula is C14H15ClF2N2S. The van der Waals surface area contributed by atoms with Crippen molar-refractivity contribution in [2.75, 3.05) is 17.4 Å². The number of aromatic nitrogens is 2. The molecule has 2 nitrogen and oxygen atoms in total. The number of aryl methyl sites for hydroxylation is 1. The van der Waals surface area contributed by atoms with Crippen LogP contribution in [-0.4, -0.2) is 26.9 Å². The SMILES string of the molecule is Fc1cc(F)c2nc(CCCl)n(C3CCCSC3)c2c1. The third kappa shape index (κ3) is 2.53. The summed E-state index contributed by atoms with van der Waals surface area (Å²) in [5, 5.41) is 0. The zero-order valence-electron chi connectivity index (χ0n) is 10.9. The van der Waals surface area contributed by atoms with Crippen molar-refractivity contribution in [2.45, 2.75) is 25.3 Å². The minimum absolute atomic E-state index is 0.248. The number of halogens is 3. The Balaban J connectivity index is 2.17. The van der Waals surface area contributed by atoms with Crippen LogP contribution in [0.15, 0.2) is 12.1 Å². The number of alkyl halides is 1. The number of rotatable bonds is 3. The summed E-state index contributed by atoms with van der Waals surface area (Å²) in [5.41, 5.74) is 0.803. The lowest BCUT2D eigenvalue weighted by Crippen LogP contribution is -2.18. The molecule has 0 saturated carbocycles. The molecule has 1 fully saturated rings. The van der Waals surface area contributed by atoms with Gasteiger partial charge in [0.15, 0.2) is 5.82 Å². The van der Waals surface area contributed by atoms with Crippen LogP contribution in [0.1, 0.15) is 24.7 Å². The van der Waals surface area contributed by atoms with Gasteiger partial charge in [0.1, 0.15) is 17.2 Å². The predicted molar refractivity (Wildman–Crippen MR) is 79.7 cm³/mol. The van der Waals surface area contributed by atoms with Gasteiger partial charge in [0.25, 0.3) is 0 Å². The molecule has 0 spiro atoms. The molecule has 108 valence electrons. The Labute approximate surface area is 125 Å². The highest BCUT2D eigenvalue weighted by atomic mass is 35.5. The quantitative estimate of drug-likeness (QED) is 0.791. The van der Waals surface area contributed by atoms with Crippen LogP contribution in [0.4, 0.5) is 8.78 Å². The molecule has 1 aromatic carbocycles. The van der Waals surface area contributed by atoms with Crippen molar-refractivity contribution in [3.05, 3.63) is 29.6 Å². The first-order valence-electron chi connectivity index (χ1n) is 6.70. The molecule has 1 aliphatic heterocycles. The average Bonchev–Trinajstić information content (AvgIpc) is 2.79. The van der Waals surface area contributed by atoms with E-state index < -0.39 is 11.6 Å². The Morgan fingerprint density at radius 2 is 2.25 bits per heavy atom. The van der Waals surface area contributed by atoms with Gasteiger partial charge >= 0.3 is 0 Å². The lowest BCUT2D eigenvalue weighted by atomic mass is 10.1. The highest BCUT2D eigenvalue weighted by Gasteiger charge is 2.23. The van der Waals surface area contributed by atoms with E-state index in [1.165, 1.54) is 6.07 Å². The standard InChI is InChI=1S/C14H15ClF2N2S/c15-4-3-13-18-14-11(17)6-9(16)7-12(14)19(13)10-2-1-5-20-8-10/h6-7,10H,1-5,8H2. The predicted octanol–water partition coefficient (Wildman–Crippen LogP) is 4.16. The second kappa shape index (κ2) is 5.90. The molecule has 3 rings (SSSR count). The van der Waals surface area contributed by atoms with Crippen molar-refractivity contribution in [3.63, 3.8) is 0 Å². The van der Waals surface area contributed by atoms with Gasteiger partial charge in [-0.15, -0.1) is 11.6 Å². The van der Waals surface area contributed by atoms with Gasteiger partial charge in [0.05, 0.1) is 5.52 Å². The maximum Gasteiger partial charge on any atom is 0.153 e. The molecule has 0 N–H and O–H groups in total. The third-order valence-electron chi connectivity index (χ3n) is 3.61. The Hall–Kier alpha value is -0.810. The molecule has 1 aromatic heterocycles. The Bertz CT molecular complexity index is 623. The van der Waals surface area contributed by atoms with Crippen LogP contribution in [-0.2, 0) is 6.42 Å². The van der Waals surface area contributed by atoms with E-state index in [4.69, 9.17) is 11.6 Å². The van der Waals surface area contributed by atoms with E-state index in [-0.39, 0.29) is 11.6 Å². The zero-order chi connectivity index (χ0) is 14.1. The minimum Gasteiger partial charge on any atom is -0.324 e. The molecule has 1 aliphatic rings. The highest BCUT2D eigenvalue weighted by Crippen LogP contribution is 2.32. The molecule has 6 heteroatoms. The maximum atomic E-state index is 13.9. The molecule has 1 atom stereocenters. The lowest BCUT2D eigenvalue weighted by Gasteiger charge is -2.25. The Morgan fingerprint density at radius 3 is 2.95 bits per heavy atom.